The number of carbonyl (C=O) groups is 4. The predicted molar refractivity (Wildman–Crippen MR) is 142 cm³/mol. The first-order valence-electron chi connectivity index (χ1n) is 13.9. The Morgan fingerprint density at radius 1 is 1.05 bits per heavy atom. The highest BCUT2D eigenvalue weighted by Gasteiger charge is 2.61. The van der Waals surface area contributed by atoms with Crippen LogP contribution in [0.5, 0.6) is 0 Å². The first-order chi connectivity index (χ1) is 18.3. The number of hydrogen-bond donors (Lipinski definition) is 3. The van der Waals surface area contributed by atoms with Gasteiger partial charge in [0.1, 0.15) is 23.2 Å². The van der Waals surface area contributed by atoms with E-state index in [1.165, 1.54) is 9.21 Å². The quantitative estimate of drug-likeness (QED) is 0.433. The van der Waals surface area contributed by atoms with Gasteiger partial charge in [0.2, 0.25) is 11.8 Å². The fraction of sp³-hybridized carbons (Fsp3) is 0.769. The molecular formula is C26H41N5O7S. The smallest absolute Gasteiger partial charge is 0.408 e. The van der Waals surface area contributed by atoms with Crippen LogP contribution in [-0.2, 0) is 29.3 Å². The van der Waals surface area contributed by atoms with E-state index in [0.717, 1.165) is 25.7 Å². The molecule has 1 saturated carbocycles. The maximum absolute atomic E-state index is 13.6. The Hall–Kier alpha value is -2.67. The molecule has 3 N–H and O–H groups in total. The molecule has 0 unspecified atom stereocenters. The van der Waals surface area contributed by atoms with Crippen molar-refractivity contribution in [2.75, 3.05) is 19.6 Å². The molecule has 3 aliphatic heterocycles. The van der Waals surface area contributed by atoms with Crippen LogP contribution in [0.25, 0.3) is 0 Å². The van der Waals surface area contributed by atoms with Gasteiger partial charge in [0.15, 0.2) is 0 Å². The van der Waals surface area contributed by atoms with Crippen molar-refractivity contribution < 1.29 is 32.3 Å². The second kappa shape index (κ2) is 11.4. The summed E-state index contributed by atoms with van der Waals surface area (Å²) in [6.45, 7) is 6.27. The Morgan fingerprint density at radius 3 is 2.46 bits per heavy atom. The Bertz CT molecular complexity index is 1110. The number of alkyl carbamates (subject to hydrolysis) is 1. The molecule has 0 radical (unpaired) electrons. The normalized spacial score (nSPS) is 30.5. The number of nitrogens with zero attached hydrogens (tertiary/aromatic N) is 2. The van der Waals surface area contributed by atoms with E-state index in [1.807, 2.05) is 12.2 Å². The fourth-order valence-electron chi connectivity index (χ4n) is 5.34. The van der Waals surface area contributed by atoms with Crippen molar-refractivity contribution in [2.45, 2.75) is 102 Å². The van der Waals surface area contributed by atoms with Crippen molar-refractivity contribution in [1.29, 1.82) is 0 Å². The lowest BCUT2D eigenvalue weighted by Crippen LogP contribution is -2.59. The van der Waals surface area contributed by atoms with Gasteiger partial charge in [-0.25, -0.2) is 9.52 Å². The van der Waals surface area contributed by atoms with Crippen LogP contribution in [0.1, 0.15) is 78.6 Å². The van der Waals surface area contributed by atoms with E-state index in [1.54, 1.807) is 20.8 Å². The summed E-state index contributed by atoms with van der Waals surface area (Å²) in [5, 5.41) is 5.52. The Labute approximate surface area is 230 Å². The monoisotopic (exact) mass is 567 g/mol. The van der Waals surface area contributed by atoms with E-state index in [4.69, 9.17) is 4.74 Å². The molecular weight excluding hydrogens is 526 g/mol. The van der Waals surface area contributed by atoms with Gasteiger partial charge < -0.3 is 20.3 Å². The van der Waals surface area contributed by atoms with Crippen molar-refractivity contribution in [3.8, 4) is 0 Å². The molecule has 4 rings (SSSR count). The minimum Gasteiger partial charge on any atom is -0.444 e. The molecule has 0 aromatic rings. The molecule has 0 aromatic heterocycles. The van der Waals surface area contributed by atoms with Gasteiger partial charge in [-0.3, -0.25) is 14.4 Å². The first kappa shape index (κ1) is 29.3. The van der Waals surface area contributed by atoms with Crippen molar-refractivity contribution in [3.05, 3.63) is 12.2 Å². The zero-order valence-corrected chi connectivity index (χ0v) is 23.8. The van der Waals surface area contributed by atoms with Gasteiger partial charge in [0, 0.05) is 25.6 Å². The Morgan fingerprint density at radius 2 is 1.79 bits per heavy atom. The Kier molecular flexibility index (Phi) is 8.60. The second-order valence-electron chi connectivity index (χ2n) is 11.9. The largest absolute Gasteiger partial charge is 0.444 e. The van der Waals surface area contributed by atoms with Crippen LogP contribution in [0.2, 0.25) is 0 Å². The molecule has 0 bridgehead atoms. The number of ether oxygens (including phenoxy) is 1. The summed E-state index contributed by atoms with van der Waals surface area (Å²) in [7, 11) is -3.98. The number of hydrogen-bond acceptors (Lipinski definition) is 7. The lowest BCUT2D eigenvalue weighted by Gasteiger charge is -2.32. The van der Waals surface area contributed by atoms with Crippen LogP contribution in [0.15, 0.2) is 12.2 Å². The number of allylic oxidation sites excluding steroid dienone is 1. The molecule has 4 atom stereocenters. The summed E-state index contributed by atoms with van der Waals surface area (Å²) in [5.41, 5.74) is -2.12. The Balaban J connectivity index is 1.53. The van der Waals surface area contributed by atoms with E-state index >= 15 is 0 Å². The minimum atomic E-state index is -3.98. The third kappa shape index (κ3) is 6.92. The van der Waals surface area contributed by atoms with Gasteiger partial charge in [-0.2, -0.15) is 12.7 Å². The van der Waals surface area contributed by atoms with Gasteiger partial charge in [-0.1, -0.05) is 25.0 Å². The molecule has 39 heavy (non-hydrogen) atoms. The van der Waals surface area contributed by atoms with Crippen LogP contribution in [0, 0.1) is 5.92 Å². The molecule has 0 aromatic carbocycles. The number of rotatable bonds is 4. The number of carbonyl (C=O) groups excluding carboxylic acids is 4. The zero-order chi connectivity index (χ0) is 28.4. The molecule has 3 fully saturated rings. The van der Waals surface area contributed by atoms with Crippen LogP contribution >= 0.6 is 0 Å². The van der Waals surface area contributed by atoms with E-state index in [-0.39, 0.29) is 18.2 Å². The van der Waals surface area contributed by atoms with E-state index in [0.29, 0.717) is 45.3 Å². The molecule has 1 aliphatic carbocycles. The van der Waals surface area contributed by atoms with Crippen LogP contribution < -0.4 is 15.4 Å². The van der Waals surface area contributed by atoms with Gasteiger partial charge >= 0.3 is 16.3 Å². The highest BCUT2D eigenvalue weighted by atomic mass is 32.2. The van der Waals surface area contributed by atoms with Gasteiger partial charge in [-0.15, -0.1) is 0 Å². The lowest BCUT2D eigenvalue weighted by molar-refractivity contribution is -0.141. The number of fused-ring (bicyclic) bond motifs is 2. The third-order valence-corrected chi connectivity index (χ3v) is 9.19. The molecule has 218 valence electrons. The first-order valence-corrected chi connectivity index (χ1v) is 15.4. The minimum absolute atomic E-state index is 0.278. The molecule has 4 amide bonds. The van der Waals surface area contributed by atoms with E-state index in [2.05, 4.69) is 15.4 Å². The average molecular weight is 568 g/mol. The van der Waals surface area contributed by atoms with E-state index < -0.39 is 51.3 Å². The maximum Gasteiger partial charge on any atom is 0.408 e. The molecule has 13 heteroatoms. The van der Waals surface area contributed by atoms with Crippen molar-refractivity contribution >= 4 is 34.0 Å². The highest BCUT2D eigenvalue weighted by molar-refractivity contribution is 7.87. The fourth-order valence-corrected chi connectivity index (χ4v) is 6.63. The lowest BCUT2D eigenvalue weighted by atomic mass is 10.0. The summed E-state index contributed by atoms with van der Waals surface area (Å²) in [6.07, 6.45) is 8.67. The van der Waals surface area contributed by atoms with Gasteiger partial charge in [0.25, 0.3) is 5.91 Å². The summed E-state index contributed by atoms with van der Waals surface area (Å²) >= 11 is 0. The van der Waals surface area contributed by atoms with Crippen LogP contribution in [0.4, 0.5) is 4.79 Å². The summed E-state index contributed by atoms with van der Waals surface area (Å²) in [4.78, 5) is 54.4. The molecule has 3 heterocycles. The summed E-state index contributed by atoms with van der Waals surface area (Å²) < 4.78 is 33.9. The van der Waals surface area contributed by atoms with Gasteiger partial charge in [-0.05, 0) is 65.7 Å². The average Bonchev–Trinajstić information content (AvgIpc) is 3.24. The summed E-state index contributed by atoms with van der Waals surface area (Å²) in [6, 6.07) is -1.67. The predicted octanol–water partition coefficient (Wildman–Crippen LogP) is 1.33. The zero-order valence-electron chi connectivity index (χ0n) is 23.0. The highest BCUT2D eigenvalue weighted by Crippen LogP contribution is 2.45. The second-order valence-corrected chi connectivity index (χ2v) is 13.6. The third-order valence-electron chi connectivity index (χ3n) is 7.70. The van der Waals surface area contributed by atoms with Gasteiger partial charge in [0.05, 0.1) is 0 Å². The maximum atomic E-state index is 13.6. The van der Waals surface area contributed by atoms with Crippen LogP contribution in [0.3, 0.4) is 0 Å². The molecule has 2 saturated heterocycles. The van der Waals surface area contributed by atoms with Crippen molar-refractivity contribution in [3.63, 3.8) is 0 Å². The topological polar surface area (TPSA) is 154 Å². The molecule has 4 aliphatic rings. The number of nitrogens with one attached hydrogen (secondary N) is 3. The van der Waals surface area contributed by atoms with E-state index in [9.17, 15) is 27.6 Å². The van der Waals surface area contributed by atoms with Crippen molar-refractivity contribution in [2.24, 2.45) is 5.92 Å². The number of amides is 4. The molecule has 12 nitrogen and oxygen atoms in total. The van der Waals surface area contributed by atoms with Crippen molar-refractivity contribution in [1.82, 2.24) is 24.6 Å². The van der Waals surface area contributed by atoms with Crippen LogP contribution in [-0.4, -0.2) is 84.3 Å². The SMILES string of the molecule is CC(C)(C)OC(=O)N[C@H]1CCCCCC=C[C@@H]2C[C@@]2(C(=O)NS(=O)(=O)N2CCC2)NC(=O)[C@@H]2CCCN2C1=O. The standard InChI is InChI=1S/C26H41N5O7S/c1-25(2,3)38-24(35)27-19-12-8-6-4-5-7-11-18-17-26(18,23(34)29-39(36,37)30-14-10-15-30)28-21(32)20-13-9-16-31(20)22(19)33/h7,11,18-20H,4-6,8-10,12-17H2,1-3H3,(H,27,35)(H,28,32)(H,29,34)/t18-,19+,20+,26-/m1/s1. The summed E-state index contributed by atoms with van der Waals surface area (Å²) in [5.74, 6) is -1.97. The molecule has 0 spiro atoms.